The monoisotopic (exact) mass is 488 g/mol. The molecule has 0 N–H and O–H groups in total. The molecule has 1 aromatic rings. The molecule has 1 atom stereocenters. The van der Waals surface area contributed by atoms with E-state index in [1.54, 1.807) is 22.5 Å². The molecule has 3 fully saturated rings. The molecule has 0 aliphatic carbocycles. The second-order valence-electron chi connectivity index (χ2n) is 8.33. The zero-order valence-corrected chi connectivity index (χ0v) is 20.6. The molecule has 0 bridgehead atoms. The highest BCUT2D eigenvalue weighted by Gasteiger charge is 2.35. The van der Waals surface area contributed by atoms with Crippen LogP contribution in [0.15, 0.2) is 9.70 Å². The summed E-state index contributed by atoms with van der Waals surface area (Å²) in [4.78, 5) is 30.7. The zero-order valence-electron chi connectivity index (χ0n) is 19.0. The van der Waals surface area contributed by atoms with E-state index in [4.69, 9.17) is 21.7 Å². The summed E-state index contributed by atoms with van der Waals surface area (Å²) in [6.45, 7) is 7.82. The minimum absolute atomic E-state index is 0.00847. The number of aromatic nitrogens is 1. The first-order valence-electron chi connectivity index (χ1n) is 11.3. The van der Waals surface area contributed by atoms with Gasteiger partial charge in [-0.2, -0.15) is 5.26 Å². The minimum atomic E-state index is -0.290. The van der Waals surface area contributed by atoms with E-state index in [2.05, 4.69) is 11.0 Å². The van der Waals surface area contributed by atoms with Crippen LogP contribution in [0.3, 0.4) is 0 Å². The van der Waals surface area contributed by atoms with Crippen molar-refractivity contribution >= 4 is 46.1 Å². The zero-order chi connectivity index (χ0) is 23.5. The summed E-state index contributed by atoms with van der Waals surface area (Å²) in [5, 5.41) is 9.74. The smallest absolute Gasteiger partial charge is 0.270 e. The van der Waals surface area contributed by atoms with Gasteiger partial charge < -0.3 is 14.4 Å². The van der Waals surface area contributed by atoms with Gasteiger partial charge in [-0.15, -0.1) is 0 Å². The molecule has 3 saturated heterocycles. The van der Waals surface area contributed by atoms with Crippen molar-refractivity contribution < 1.29 is 14.3 Å². The fourth-order valence-corrected chi connectivity index (χ4v) is 5.73. The lowest BCUT2D eigenvalue weighted by Gasteiger charge is -2.33. The largest absolute Gasteiger partial charge is 0.378 e. The Morgan fingerprint density at radius 3 is 2.67 bits per heavy atom. The van der Waals surface area contributed by atoms with Gasteiger partial charge in [-0.05, 0) is 37.8 Å². The molecule has 4 heterocycles. The van der Waals surface area contributed by atoms with E-state index in [0.29, 0.717) is 60.8 Å². The number of thioether (sulfide) groups is 1. The van der Waals surface area contributed by atoms with Crippen LogP contribution in [0.5, 0.6) is 0 Å². The Balaban J connectivity index is 1.80. The third kappa shape index (κ3) is 4.73. The second kappa shape index (κ2) is 10.4. The Kier molecular flexibility index (Phi) is 7.54. The number of morpholine rings is 1. The Hall–Kier alpha value is -2.19. The molecule has 3 aliphatic heterocycles. The molecule has 1 unspecified atom stereocenters. The van der Waals surface area contributed by atoms with Gasteiger partial charge in [0.15, 0.2) is 0 Å². The molecule has 1 amide bonds. The number of anilines is 1. The summed E-state index contributed by atoms with van der Waals surface area (Å²) < 4.78 is 13.4. The highest BCUT2D eigenvalue weighted by atomic mass is 32.2. The van der Waals surface area contributed by atoms with Gasteiger partial charge in [-0.25, -0.2) is 0 Å². The van der Waals surface area contributed by atoms with Crippen LogP contribution < -0.4 is 10.5 Å². The number of thiocarbonyl (C=S) groups is 1. The summed E-state index contributed by atoms with van der Waals surface area (Å²) in [7, 11) is 0. The lowest BCUT2D eigenvalue weighted by atomic mass is 10.0. The number of hydrogen-bond donors (Lipinski definition) is 0. The maximum Gasteiger partial charge on any atom is 0.270 e. The van der Waals surface area contributed by atoms with Crippen molar-refractivity contribution in [1.29, 1.82) is 5.26 Å². The number of hydrogen-bond acceptors (Lipinski definition) is 8. The van der Waals surface area contributed by atoms with Crippen LogP contribution in [0.4, 0.5) is 5.82 Å². The van der Waals surface area contributed by atoms with E-state index < -0.39 is 0 Å². The maximum absolute atomic E-state index is 13.3. The number of nitrogens with zero attached hydrogens (tertiary/aromatic N) is 4. The van der Waals surface area contributed by atoms with E-state index in [1.165, 1.54) is 11.8 Å². The summed E-state index contributed by atoms with van der Waals surface area (Å²) in [6, 6.07) is 2.08. The number of carbonyl (C=O) groups excluding carboxylic acids is 1. The topological polar surface area (TPSA) is 87.8 Å². The Labute approximate surface area is 203 Å². The van der Waals surface area contributed by atoms with Crippen LogP contribution in [0, 0.1) is 18.3 Å². The average Bonchev–Trinajstić information content (AvgIpc) is 3.42. The summed E-state index contributed by atoms with van der Waals surface area (Å²) in [5.74, 6) is 0.589. The first-order chi connectivity index (χ1) is 16.0. The number of nitriles is 1. The number of pyridine rings is 1. The van der Waals surface area contributed by atoms with Gasteiger partial charge >= 0.3 is 0 Å². The Bertz CT molecular complexity index is 1080. The lowest BCUT2D eigenvalue weighted by Crippen LogP contribution is -2.41. The van der Waals surface area contributed by atoms with Crippen LogP contribution in [0.1, 0.15) is 42.9 Å². The number of ether oxygens (including phenoxy) is 2. The molecule has 176 valence electrons. The number of rotatable bonds is 6. The summed E-state index contributed by atoms with van der Waals surface area (Å²) >= 11 is 6.77. The first-order valence-corrected chi connectivity index (χ1v) is 12.6. The van der Waals surface area contributed by atoms with Gasteiger partial charge in [0.1, 0.15) is 21.8 Å². The Morgan fingerprint density at radius 1 is 1.27 bits per heavy atom. The number of carbonyl (C=O) groups is 1. The van der Waals surface area contributed by atoms with E-state index in [0.717, 1.165) is 30.6 Å². The second-order valence-corrected chi connectivity index (χ2v) is 10.0. The van der Waals surface area contributed by atoms with Crippen molar-refractivity contribution in [3.05, 3.63) is 31.9 Å². The van der Waals surface area contributed by atoms with Crippen LogP contribution >= 0.6 is 24.0 Å². The van der Waals surface area contributed by atoms with Crippen molar-refractivity contribution in [3.8, 4) is 6.07 Å². The molecule has 1 aromatic heterocycles. The van der Waals surface area contributed by atoms with Crippen molar-refractivity contribution in [2.45, 2.75) is 45.8 Å². The SMILES string of the molecule is CCCn1c(N2CCOCC2)c(C=C2SC(=S)N(CC3CCCO3)C2=O)c(C)c(C#N)c1=O. The molecule has 3 aliphatic rings. The fourth-order valence-electron chi connectivity index (χ4n) is 4.47. The first kappa shape index (κ1) is 24.0. The van der Waals surface area contributed by atoms with Crippen molar-refractivity contribution in [2.75, 3.05) is 44.4 Å². The molecule has 0 spiro atoms. The Morgan fingerprint density at radius 2 is 2.03 bits per heavy atom. The predicted molar refractivity (Wildman–Crippen MR) is 132 cm³/mol. The fraction of sp³-hybridized carbons (Fsp3) is 0.565. The van der Waals surface area contributed by atoms with Gasteiger partial charge in [0.2, 0.25) is 0 Å². The average molecular weight is 489 g/mol. The van der Waals surface area contributed by atoms with E-state index in [1.807, 2.05) is 6.92 Å². The minimum Gasteiger partial charge on any atom is -0.378 e. The van der Waals surface area contributed by atoms with Gasteiger partial charge in [-0.1, -0.05) is 30.9 Å². The molecular weight excluding hydrogens is 460 g/mol. The third-order valence-electron chi connectivity index (χ3n) is 6.16. The maximum atomic E-state index is 13.3. The van der Waals surface area contributed by atoms with Crippen LogP contribution in [0.2, 0.25) is 0 Å². The summed E-state index contributed by atoms with van der Waals surface area (Å²) in [5.41, 5.74) is 1.13. The quantitative estimate of drug-likeness (QED) is 0.446. The van der Waals surface area contributed by atoms with Crippen LogP contribution in [-0.2, 0) is 20.8 Å². The molecule has 33 heavy (non-hydrogen) atoms. The molecule has 4 rings (SSSR count). The highest BCUT2D eigenvalue weighted by Crippen LogP contribution is 2.36. The van der Waals surface area contributed by atoms with E-state index in [-0.39, 0.29) is 23.1 Å². The molecule has 10 heteroatoms. The standard InChI is InChI=1S/C23H28N4O4S2/c1-3-6-26-20(25-7-10-30-11-8-25)17(15(2)18(13-24)21(26)28)12-19-22(29)27(23(32)33-19)14-16-5-4-9-31-16/h12,16H,3-11,14H2,1-2H3. The highest BCUT2D eigenvalue weighted by molar-refractivity contribution is 8.26. The lowest BCUT2D eigenvalue weighted by molar-refractivity contribution is -0.123. The third-order valence-corrected chi connectivity index (χ3v) is 7.54. The molecule has 0 saturated carbocycles. The van der Waals surface area contributed by atoms with E-state index >= 15 is 0 Å². The van der Waals surface area contributed by atoms with Gasteiger partial charge in [0.25, 0.3) is 11.5 Å². The molecule has 0 aromatic carbocycles. The molecule has 0 radical (unpaired) electrons. The molecule has 8 nitrogen and oxygen atoms in total. The molecular formula is C23H28N4O4S2. The predicted octanol–water partition coefficient (Wildman–Crippen LogP) is 2.66. The van der Waals surface area contributed by atoms with Gasteiger partial charge in [0.05, 0.1) is 30.8 Å². The normalized spacial score (nSPS) is 22.5. The van der Waals surface area contributed by atoms with E-state index in [9.17, 15) is 14.9 Å². The van der Waals surface area contributed by atoms with Crippen LogP contribution in [-0.4, -0.2) is 65.3 Å². The van der Waals surface area contributed by atoms with Gasteiger partial charge in [0, 0.05) is 31.8 Å². The summed E-state index contributed by atoms with van der Waals surface area (Å²) in [6.07, 6.45) is 4.47. The van der Waals surface area contributed by atoms with Gasteiger partial charge in [-0.3, -0.25) is 19.1 Å². The number of amides is 1. The van der Waals surface area contributed by atoms with Crippen LogP contribution in [0.25, 0.3) is 6.08 Å². The van der Waals surface area contributed by atoms with Crippen molar-refractivity contribution in [1.82, 2.24) is 9.47 Å². The van der Waals surface area contributed by atoms with Crippen molar-refractivity contribution in [3.63, 3.8) is 0 Å². The van der Waals surface area contributed by atoms with Crippen molar-refractivity contribution in [2.24, 2.45) is 0 Å².